The first-order valence-corrected chi connectivity index (χ1v) is 7.98. The molecule has 120 valence electrons. The predicted molar refractivity (Wildman–Crippen MR) is 88.8 cm³/mol. The van der Waals surface area contributed by atoms with Crippen LogP contribution in [0.2, 0.25) is 0 Å². The van der Waals surface area contributed by atoms with E-state index in [2.05, 4.69) is 56.1 Å². The van der Waals surface area contributed by atoms with E-state index in [0.717, 1.165) is 31.6 Å². The molecule has 1 aromatic heterocycles. The van der Waals surface area contributed by atoms with Crippen LogP contribution in [0.25, 0.3) is 0 Å². The van der Waals surface area contributed by atoms with Gasteiger partial charge >= 0.3 is 0 Å². The summed E-state index contributed by atoms with van der Waals surface area (Å²) in [6.07, 6.45) is 6.89. The van der Waals surface area contributed by atoms with Gasteiger partial charge < -0.3 is 15.0 Å². The molecule has 1 unspecified atom stereocenters. The summed E-state index contributed by atoms with van der Waals surface area (Å²) in [4.78, 5) is 6.69. The number of aromatic nitrogens is 1. The van der Waals surface area contributed by atoms with Gasteiger partial charge in [0.25, 0.3) is 0 Å². The van der Waals surface area contributed by atoms with Crippen LogP contribution in [0.3, 0.4) is 0 Å². The number of nitrogens with one attached hydrogen (secondary N) is 1. The fourth-order valence-electron chi connectivity index (χ4n) is 3.19. The highest BCUT2D eigenvalue weighted by Gasteiger charge is 2.38. The van der Waals surface area contributed by atoms with E-state index in [1.165, 1.54) is 5.56 Å². The van der Waals surface area contributed by atoms with Crippen molar-refractivity contribution in [3.05, 3.63) is 24.0 Å². The summed E-state index contributed by atoms with van der Waals surface area (Å²) in [5, 5.41) is 3.49. The number of hydrogen-bond donors (Lipinski definition) is 1. The van der Waals surface area contributed by atoms with Crippen LogP contribution in [-0.4, -0.2) is 43.2 Å². The maximum absolute atomic E-state index is 5.73. The first-order chi connectivity index (χ1) is 10.1. The van der Waals surface area contributed by atoms with Crippen LogP contribution in [0.1, 0.15) is 51.6 Å². The number of pyridine rings is 1. The van der Waals surface area contributed by atoms with Crippen LogP contribution in [-0.2, 0) is 0 Å². The number of rotatable bonds is 9. The Morgan fingerprint density at radius 1 is 1.24 bits per heavy atom. The molecule has 4 heteroatoms. The molecule has 1 rings (SSSR count). The summed E-state index contributed by atoms with van der Waals surface area (Å²) in [6, 6.07) is 2.34. The lowest BCUT2D eigenvalue weighted by molar-refractivity contribution is 0.0915. The molecule has 0 saturated heterocycles. The van der Waals surface area contributed by atoms with Crippen LogP contribution < -0.4 is 10.1 Å². The molecular weight excluding hydrogens is 262 g/mol. The van der Waals surface area contributed by atoms with E-state index in [0.29, 0.717) is 0 Å². The van der Waals surface area contributed by atoms with Gasteiger partial charge in [-0.1, -0.05) is 20.8 Å². The maximum atomic E-state index is 5.73. The van der Waals surface area contributed by atoms with Crippen molar-refractivity contribution in [1.29, 1.82) is 0 Å². The van der Waals surface area contributed by atoms with Gasteiger partial charge in [-0.3, -0.25) is 4.98 Å². The molecule has 21 heavy (non-hydrogen) atoms. The van der Waals surface area contributed by atoms with E-state index in [9.17, 15) is 0 Å². The quantitative estimate of drug-likeness (QED) is 0.758. The number of likely N-dealkylation sites (N-methyl/N-ethyl adjacent to an activating group) is 2. The van der Waals surface area contributed by atoms with Crippen molar-refractivity contribution in [2.24, 2.45) is 0 Å². The summed E-state index contributed by atoms with van der Waals surface area (Å²) in [7, 11) is 6.33. The van der Waals surface area contributed by atoms with Gasteiger partial charge in [-0.05, 0) is 52.0 Å². The monoisotopic (exact) mass is 293 g/mol. The Morgan fingerprint density at radius 2 is 1.90 bits per heavy atom. The topological polar surface area (TPSA) is 37.4 Å². The van der Waals surface area contributed by atoms with Gasteiger partial charge in [0.15, 0.2) is 0 Å². The van der Waals surface area contributed by atoms with E-state index in [1.54, 1.807) is 6.20 Å². The van der Waals surface area contributed by atoms with Crippen molar-refractivity contribution >= 4 is 0 Å². The lowest BCUT2D eigenvalue weighted by Crippen LogP contribution is -2.52. The van der Waals surface area contributed by atoms with Gasteiger partial charge in [0, 0.05) is 11.7 Å². The van der Waals surface area contributed by atoms with Crippen LogP contribution in [0.4, 0.5) is 0 Å². The molecule has 0 saturated carbocycles. The van der Waals surface area contributed by atoms with E-state index in [-0.39, 0.29) is 11.6 Å². The predicted octanol–water partition coefficient (Wildman–Crippen LogP) is 3.25. The Kier molecular flexibility index (Phi) is 7.12. The van der Waals surface area contributed by atoms with Gasteiger partial charge in [-0.15, -0.1) is 0 Å². The third-order valence-electron chi connectivity index (χ3n) is 4.48. The smallest absolute Gasteiger partial charge is 0.137 e. The molecule has 4 nitrogen and oxygen atoms in total. The van der Waals surface area contributed by atoms with Crippen LogP contribution in [0.5, 0.6) is 5.75 Å². The summed E-state index contributed by atoms with van der Waals surface area (Å²) in [6.45, 7) is 7.34. The van der Waals surface area contributed by atoms with Crippen molar-refractivity contribution in [2.75, 3.05) is 27.7 Å². The average molecular weight is 293 g/mol. The molecule has 0 aliphatic carbocycles. The summed E-state index contributed by atoms with van der Waals surface area (Å²) >= 11 is 0. The van der Waals surface area contributed by atoms with E-state index in [4.69, 9.17) is 4.74 Å². The normalized spacial score (nSPS) is 13.5. The van der Waals surface area contributed by atoms with Crippen molar-refractivity contribution < 1.29 is 4.74 Å². The standard InChI is InChI=1S/C17H31N3O/c1-7-10-21-15-11-14(12-19-13-15)16(18-4)17(8-2,9-3)20(5)6/h11-13,16,18H,7-10H2,1-6H3. The highest BCUT2D eigenvalue weighted by molar-refractivity contribution is 5.28. The number of ether oxygens (including phenoxy) is 1. The van der Waals surface area contributed by atoms with E-state index in [1.807, 2.05) is 13.2 Å². The second-order valence-corrected chi connectivity index (χ2v) is 5.73. The summed E-state index contributed by atoms with van der Waals surface area (Å²) in [5.74, 6) is 0.856. The average Bonchev–Trinajstić information content (AvgIpc) is 2.50. The SMILES string of the molecule is CCCOc1cncc(C(NC)C(CC)(CC)N(C)C)c1. The lowest BCUT2D eigenvalue weighted by atomic mass is 9.80. The number of nitrogens with zero attached hydrogens (tertiary/aromatic N) is 2. The van der Waals surface area contributed by atoms with Gasteiger partial charge in [0.2, 0.25) is 0 Å². The highest BCUT2D eigenvalue weighted by Crippen LogP contribution is 2.36. The second kappa shape index (κ2) is 8.35. The Hall–Kier alpha value is -1.13. The first-order valence-electron chi connectivity index (χ1n) is 7.98. The zero-order valence-corrected chi connectivity index (χ0v) is 14.4. The first kappa shape index (κ1) is 17.9. The zero-order chi connectivity index (χ0) is 15.9. The zero-order valence-electron chi connectivity index (χ0n) is 14.4. The molecule has 1 N–H and O–H groups in total. The van der Waals surface area contributed by atoms with Crippen molar-refractivity contribution in [1.82, 2.24) is 15.2 Å². The minimum Gasteiger partial charge on any atom is -0.492 e. The minimum atomic E-state index is 0.0693. The van der Waals surface area contributed by atoms with Crippen LogP contribution in [0.15, 0.2) is 18.5 Å². The molecule has 0 radical (unpaired) electrons. The van der Waals surface area contributed by atoms with E-state index < -0.39 is 0 Å². The molecule has 0 aliphatic heterocycles. The summed E-state index contributed by atoms with van der Waals surface area (Å²) < 4.78 is 5.73. The Balaban J connectivity index is 3.13. The highest BCUT2D eigenvalue weighted by atomic mass is 16.5. The molecular formula is C17H31N3O. The van der Waals surface area contributed by atoms with Gasteiger partial charge in [0.05, 0.1) is 18.8 Å². The molecule has 0 spiro atoms. The largest absolute Gasteiger partial charge is 0.492 e. The summed E-state index contributed by atoms with van der Waals surface area (Å²) in [5.41, 5.74) is 1.25. The fraction of sp³-hybridized carbons (Fsp3) is 0.706. The second-order valence-electron chi connectivity index (χ2n) is 5.73. The molecule has 1 atom stereocenters. The maximum Gasteiger partial charge on any atom is 0.137 e. The Bertz CT molecular complexity index is 416. The Morgan fingerprint density at radius 3 is 2.38 bits per heavy atom. The van der Waals surface area contributed by atoms with Gasteiger partial charge in [-0.2, -0.15) is 0 Å². The minimum absolute atomic E-state index is 0.0693. The third-order valence-corrected chi connectivity index (χ3v) is 4.48. The molecule has 0 amide bonds. The van der Waals surface area contributed by atoms with Crippen LogP contribution in [0, 0.1) is 0 Å². The molecule has 0 bridgehead atoms. The fourth-order valence-corrected chi connectivity index (χ4v) is 3.19. The van der Waals surface area contributed by atoms with E-state index >= 15 is 0 Å². The van der Waals surface area contributed by atoms with Crippen molar-refractivity contribution in [3.8, 4) is 5.75 Å². The van der Waals surface area contributed by atoms with Crippen molar-refractivity contribution in [3.63, 3.8) is 0 Å². The molecule has 1 aromatic rings. The van der Waals surface area contributed by atoms with Crippen LogP contribution >= 0.6 is 0 Å². The molecule has 0 aromatic carbocycles. The molecule has 0 fully saturated rings. The van der Waals surface area contributed by atoms with Gasteiger partial charge in [-0.25, -0.2) is 0 Å². The Labute approximate surface area is 129 Å². The molecule has 1 heterocycles. The number of hydrogen-bond acceptors (Lipinski definition) is 4. The lowest BCUT2D eigenvalue weighted by Gasteiger charge is -2.45. The molecule has 0 aliphatic rings. The van der Waals surface area contributed by atoms with Gasteiger partial charge in [0.1, 0.15) is 5.75 Å². The van der Waals surface area contributed by atoms with Crippen molar-refractivity contribution in [2.45, 2.75) is 51.6 Å². The third kappa shape index (κ3) is 3.95.